The number of nitro groups is 1. The SMILES string of the molecule is CC[C@H](O)c1ccc(Oc2ccc([N+](=O)[O-])c(F)c2)cc1. The van der Waals surface area contributed by atoms with Crippen molar-refractivity contribution in [3.63, 3.8) is 0 Å². The summed E-state index contributed by atoms with van der Waals surface area (Å²) in [6, 6.07) is 10.1. The fourth-order valence-electron chi connectivity index (χ4n) is 1.83. The van der Waals surface area contributed by atoms with E-state index < -0.39 is 22.5 Å². The van der Waals surface area contributed by atoms with Crippen LogP contribution in [0.5, 0.6) is 11.5 Å². The van der Waals surface area contributed by atoms with Gasteiger partial charge in [0.2, 0.25) is 5.82 Å². The summed E-state index contributed by atoms with van der Waals surface area (Å²) in [6.07, 6.45) is 0.0733. The number of aliphatic hydroxyl groups excluding tert-OH is 1. The van der Waals surface area contributed by atoms with Crippen molar-refractivity contribution in [1.29, 1.82) is 0 Å². The van der Waals surface area contributed by atoms with Crippen LogP contribution >= 0.6 is 0 Å². The van der Waals surface area contributed by atoms with Crippen molar-refractivity contribution in [3.8, 4) is 11.5 Å². The molecule has 0 unspecified atom stereocenters. The Labute approximate surface area is 120 Å². The van der Waals surface area contributed by atoms with Crippen LogP contribution in [-0.4, -0.2) is 10.0 Å². The quantitative estimate of drug-likeness (QED) is 0.668. The van der Waals surface area contributed by atoms with Crippen molar-refractivity contribution < 1.29 is 19.2 Å². The average molecular weight is 291 g/mol. The Kier molecular flexibility index (Phi) is 4.49. The van der Waals surface area contributed by atoms with E-state index in [1.165, 1.54) is 6.07 Å². The summed E-state index contributed by atoms with van der Waals surface area (Å²) in [6.45, 7) is 1.87. The van der Waals surface area contributed by atoms with Crippen molar-refractivity contribution in [2.45, 2.75) is 19.4 Å². The second-order valence-corrected chi connectivity index (χ2v) is 4.47. The molecular formula is C15H14FNO4. The highest BCUT2D eigenvalue weighted by molar-refractivity contribution is 5.40. The number of halogens is 1. The van der Waals surface area contributed by atoms with Gasteiger partial charge < -0.3 is 9.84 Å². The highest BCUT2D eigenvalue weighted by Gasteiger charge is 2.14. The van der Waals surface area contributed by atoms with Gasteiger partial charge in [0.15, 0.2) is 0 Å². The van der Waals surface area contributed by atoms with Crippen LogP contribution in [0.15, 0.2) is 42.5 Å². The van der Waals surface area contributed by atoms with E-state index in [0.717, 1.165) is 17.7 Å². The van der Waals surface area contributed by atoms with E-state index >= 15 is 0 Å². The molecule has 0 spiro atoms. The van der Waals surface area contributed by atoms with Gasteiger partial charge in [0, 0.05) is 12.1 Å². The third-order valence-electron chi connectivity index (χ3n) is 3.00. The highest BCUT2D eigenvalue weighted by atomic mass is 19.1. The summed E-state index contributed by atoms with van der Waals surface area (Å²) < 4.78 is 18.9. The first kappa shape index (κ1) is 14.9. The zero-order valence-corrected chi connectivity index (χ0v) is 11.3. The van der Waals surface area contributed by atoms with Crippen LogP contribution in [0.3, 0.4) is 0 Å². The molecule has 0 aromatic heterocycles. The van der Waals surface area contributed by atoms with Crippen LogP contribution in [0, 0.1) is 15.9 Å². The predicted octanol–water partition coefficient (Wildman–Crippen LogP) is 3.97. The molecule has 0 heterocycles. The Bertz CT molecular complexity index is 643. The number of nitrogens with zero attached hydrogens (tertiary/aromatic N) is 1. The lowest BCUT2D eigenvalue weighted by molar-refractivity contribution is -0.387. The molecule has 1 atom stereocenters. The number of hydrogen-bond acceptors (Lipinski definition) is 4. The van der Waals surface area contributed by atoms with Gasteiger partial charge >= 0.3 is 5.69 Å². The van der Waals surface area contributed by atoms with Crippen LogP contribution < -0.4 is 4.74 Å². The third kappa shape index (κ3) is 3.55. The van der Waals surface area contributed by atoms with Crippen LogP contribution in [0.25, 0.3) is 0 Å². The topological polar surface area (TPSA) is 72.6 Å². The Morgan fingerprint density at radius 3 is 2.38 bits per heavy atom. The fraction of sp³-hybridized carbons (Fsp3) is 0.200. The van der Waals surface area contributed by atoms with E-state index in [1.54, 1.807) is 24.3 Å². The van der Waals surface area contributed by atoms with E-state index in [-0.39, 0.29) is 5.75 Å². The number of nitro benzene ring substituents is 1. The molecule has 2 aromatic rings. The highest BCUT2D eigenvalue weighted by Crippen LogP contribution is 2.27. The maximum absolute atomic E-state index is 13.5. The number of benzene rings is 2. The molecule has 0 bridgehead atoms. The lowest BCUT2D eigenvalue weighted by atomic mass is 10.1. The third-order valence-corrected chi connectivity index (χ3v) is 3.00. The molecule has 2 aromatic carbocycles. The number of hydrogen-bond donors (Lipinski definition) is 1. The standard InChI is InChI=1S/C15H14FNO4/c1-2-15(18)10-3-5-11(6-4-10)21-12-7-8-14(17(19)20)13(16)9-12/h3-9,15,18H,2H2,1H3/t15-/m0/s1. The molecule has 6 heteroatoms. The van der Waals surface area contributed by atoms with Crippen molar-refractivity contribution in [2.24, 2.45) is 0 Å². The zero-order valence-electron chi connectivity index (χ0n) is 11.3. The lowest BCUT2D eigenvalue weighted by Gasteiger charge is -2.10. The number of rotatable bonds is 5. The first-order valence-corrected chi connectivity index (χ1v) is 6.41. The number of ether oxygens (including phenoxy) is 1. The normalized spacial score (nSPS) is 12.0. The van der Waals surface area contributed by atoms with Gasteiger partial charge in [0.25, 0.3) is 0 Å². The second kappa shape index (κ2) is 6.32. The van der Waals surface area contributed by atoms with E-state index in [2.05, 4.69) is 0 Å². The van der Waals surface area contributed by atoms with Gasteiger partial charge in [-0.15, -0.1) is 0 Å². The van der Waals surface area contributed by atoms with Crippen molar-refractivity contribution in [1.82, 2.24) is 0 Å². The Morgan fingerprint density at radius 2 is 1.86 bits per heavy atom. The molecule has 21 heavy (non-hydrogen) atoms. The minimum Gasteiger partial charge on any atom is -0.457 e. The largest absolute Gasteiger partial charge is 0.457 e. The zero-order chi connectivity index (χ0) is 15.4. The van der Waals surface area contributed by atoms with Crippen LogP contribution in [0.4, 0.5) is 10.1 Å². The molecule has 5 nitrogen and oxygen atoms in total. The molecule has 0 aliphatic rings. The monoisotopic (exact) mass is 291 g/mol. The average Bonchev–Trinajstić information content (AvgIpc) is 2.47. The van der Waals surface area contributed by atoms with Crippen LogP contribution in [0.2, 0.25) is 0 Å². The van der Waals surface area contributed by atoms with Gasteiger partial charge in [-0.05, 0) is 30.2 Å². The lowest BCUT2D eigenvalue weighted by Crippen LogP contribution is -1.95. The minimum absolute atomic E-state index is 0.168. The summed E-state index contributed by atoms with van der Waals surface area (Å²) in [7, 11) is 0. The first-order chi connectivity index (χ1) is 10.0. The van der Waals surface area contributed by atoms with Crippen molar-refractivity contribution in [2.75, 3.05) is 0 Å². The summed E-state index contributed by atoms with van der Waals surface area (Å²) in [5.74, 6) is -0.326. The van der Waals surface area contributed by atoms with Crippen molar-refractivity contribution in [3.05, 3.63) is 64.0 Å². The molecular weight excluding hydrogens is 277 g/mol. The molecule has 0 amide bonds. The summed E-state index contributed by atoms with van der Waals surface area (Å²) in [5.41, 5.74) is 0.170. The van der Waals surface area contributed by atoms with Gasteiger partial charge in [-0.1, -0.05) is 19.1 Å². The number of aliphatic hydroxyl groups is 1. The van der Waals surface area contributed by atoms with Gasteiger partial charge in [0.1, 0.15) is 11.5 Å². The molecule has 0 saturated heterocycles. The molecule has 0 aliphatic heterocycles. The smallest absolute Gasteiger partial charge is 0.305 e. The summed E-state index contributed by atoms with van der Waals surface area (Å²) >= 11 is 0. The minimum atomic E-state index is -0.949. The maximum Gasteiger partial charge on any atom is 0.305 e. The van der Waals surface area contributed by atoms with E-state index in [4.69, 9.17) is 4.74 Å². The molecule has 2 rings (SSSR count). The second-order valence-electron chi connectivity index (χ2n) is 4.47. The van der Waals surface area contributed by atoms with Gasteiger partial charge in [-0.2, -0.15) is 4.39 Å². The molecule has 0 fully saturated rings. The Hall–Kier alpha value is -2.47. The summed E-state index contributed by atoms with van der Waals surface area (Å²) in [5, 5.41) is 20.2. The predicted molar refractivity (Wildman–Crippen MR) is 74.8 cm³/mol. The fourth-order valence-corrected chi connectivity index (χ4v) is 1.83. The van der Waals surface area contributed by atoms with E-state index in [0.29, 0.717) is 12.2 Å². The van der Waals surface area contributed by atoms with Gasteiger partial charge in [0.05, 0.1) is 11.0 Å². The maximum atomic E-state index is 13.5. The molecule has 110 valence electrons. The van der Waals surface area contributed by atoms with Gasteiger partial charge in [-0.3, -0.25) is 10.1 Å². The Balaban J connectivity index is 2.15. The molecule has 0 saturated carbocycles. The van der Waals surface area contributed by atoms with Crippen LogP contribution in [-0.2, 0) is 0 Å². The van der Waals surface area contributed by atoms with Gasteiger partial charge in [-0.25, -0.2) is 0 Å². The Morgan fingerprint density at radius 1 is 1.24 bits per heavy atom. The first-order valence-electron chi connectivity index (χ1n) is 6.41. The molecule has 0 aliphatic carbocycles. The van der Waals surface area contributed by atoms with E-state index in [1.807, 2.05) is 6.92 Å². The van der Waals surface area contributed by atoms with Crippen molar-refractivity contribution >= 4 is 5.69 Å². The van der Waals surface area contributed by atoms with E-state index in [9.17, 15) is 19.6 Å². The molecule has 0 radical (unpaired) electrons. The van der Waals surface area contributed by atoms with Crippen LogP contribution in [0.1, 0.15) is 25.0 Å². The molecule has 1 N–H and O–H groups in total. The summed E-state index contributed by atoms with van der Waals surface area (Å²) in [4.78, 5) is 9.73.